The van der Waals surface area contributed by atoms with Crippen molar-refractivity contribution in [3.8, 4) is 5.75 Å². The van der Waals surface area contributed by atoms with Gasteiger partial charge in [-0.1, -0.05) is 18.2 Å². The lowest BCUT2D eigenvalue weighted by atomic mass is 9.95. The molecule has 2 aliphatic rings. The largest absolute Gasteiger partial charge is 0.487 e. The van der Waals surface area contributed by atoms with Crippen LogP contribution in [0.1, 0.15) is 43.9 Å². The number of aliphatic hydroxyl groups excluding tert-OH is 1. The van der Waals surface area contributed by atoms with Gasteiger partial charge in [-0.3, -0.25) is 0 Å². The molecule has 2 aliphatic heterocycles. The van der Waals surface area contributed by atoms with E-state index in [9.17, 15) is 5.11 Å². The number of nitrogens with one attached hydrogen (secondary N) is 1. The number of aromatic nitrogens is 4. The van der Waals surface area contributed by atoms with Crippen LogP contribution in [-0.2, 0) is 6.42 Å². The lowest BCUT2D eigenvalue weighted by Gasteiger charge is -2.30. The minimum atomic E-state index is -0.652. The molecule has 0 radical (unpaired) electrons. The molecular weight excluding hydrogens is 342 g/mol. The Hall–Kier alpha value is -2.67. The molecule has 3 aromatic rings. The first kappa shape index (κ1) is 16.5. The first-order valence-corrected chi connectivity index (χ1v) is 9.43. The van der Waals surface area contributed by atoms with Gasteiger partial charge < -0.3 is 19.7 Å². The third-order valence-electron chi connectivity index (χ3n) is 5.57. The molecule has 1 fully saturated rings. The molecule has 7 heteroatoms. The van der Waals surface area contributed by atoms with Crippen molar-refractivity contribution in [3.63, 3.8) is 0 Å². The van der Waals surface area contributed by atoms with Gasteiger partial charge in [-0.05, 0) is 32.3 Å². The smallest absolute Gasteiger partial charge is 0.162 e. The maximum atomic E-state index is 11.3. The summed E-state index contributed by atoms with van der Waals surface area (Å²) in [6.45, 7) is 5.00. The van der Waals surface area contributed by atoms with E-state index in [1.165, 1.54) is 0 Å². The number of para-hydroxylation sites is 1. The summed E-state index contributed by atoms with van der Waals surface area (Å²) in [5.41, 5.74) is 3.25. The Morgan fingerprint density at radius 2 is 2.19 bits per heavy atom. The summed E-state index contributed by atoms with van der Waals surface area (Å²) in [5, 5.41) is 11.3. The van der Waals surface area contributed by atoms with Crippen LogP contribution in [0, 0.1) is 0 Å². The quantitative estimate of drug-likeness (QED) is 0.742. The summed E-state index contributed by atoms with van der Waals surface area (Å²) >= 11 is 0. The number of imidazole rings is 1. The minimum Gasteiger partial charge on any atom is -0.487 e. The fourth-order valence-corrected chi connectivity index (χ4v) is 4.43. The molecule has 1 unspecified atom stereocenters. The summed E-state index contributed by atoms with van der Waals surface area (Å²) in [5.74, 6) is 1.62. The average molecular weight is 365 g/mol. The van der Waals surface area contributed by atoms with Gasteiger partial charge in [-0.25, -0.2) is 15.0 Å². The zero-order valence-electron chi connectivity index (χ0n) is 15.5. The topological polar surface area (TPSA) is 87.2 Å². The van der Waals surface area contributed by atoms with Gasteiger partial charge in [0.1, 0.15) is 29.3 Å². The van der Waals surface area contributed by atoms with E-state index in [0.717, 1.165) is 54.0 Å². The van der Waals surface area contributed by atoms with Gasteiger partial charge in [0, 0.05) is 18.5 Å². The van der Waals surface area contributed by atoms with Gasteiger partial charge in [-0.2, -0.15) is 0 Å². The van der Waals surface area contributed by atoms with Crippen molar-refractivity contribution in [2.24, 2.45) is 0 Å². The summed E-state index contributed by atoms with van der Waals surface area (Å²) in [7, 11) is 0. The zero-order valence-corrected chi connectivity index (χ0v) is 15.5. The number of benzene rings is 1. The van der Waals surface area contributed by atoms with Crippen LogP contribution in [0.4, 0.5) is 5.82 Å². The van der Waals surface area contributed by atoms with Crippen LogP contribution in [0.3, 0.4) is 0 Å². The van der Waals surface area contributed by atoms with Gasteiger partial charge >= 0.3 is 0 Å². The van der Waals surface area contributed by atoms with Gasteiger partial charge in [-0.15, -0.1) is 0 Å². The third kappa shape index (κ3) is 2.65. The van der Waals surface area contributed by atoms with E-state index in [2.05, 4.69) is 44.7 Å². The first-order chi connectivity index (χ1) is 13.0. The molecule has 0 spiro atoms. The molecule has 0 amide bonds. The lowest BCUT2D eigenvalue weighted by molar-refractivity contribution is 0.117. The van der Waals surface area contributed by atoms with Crippen molar-refractivity contribution in [3.05, 3.63) is 42.0 Å². The number of ether oxygens (including phenoxy) is 1. The number of hydrogen-bond donors (Lipinski definition) is 2. The molecule has 140 valence electrons. The van der Waals surface area contributed by atoms with Crippen molar-refractivity contribution in [2.75, 3.05) is 11.4 Å². The summed E-state index contributed by atoms with van der Waals surface area (Å²) in [6, 6.07) is 6.01. The van der Waals surface area contributed by atoms with Crippen LogP contribution in [0.5, 0.6) is 5.75 Å². The predicted octanol–water partition coefficient (Wildman–Crippen LogP) is 2.77. The van der Waals surface area contributed by atoms with Gasteiger partial charge in [0.15, 0.2) is 11.5 Å². The Bertz CT molecular complexity index is 999. The van der Waals surface area contributed by atoms with Crippen LogP contribution < -0.4 is 9.64 Å². The Morgan fingerprint density at radius 1 is 1.30 bits per heavy atom. The van der Waals surface area contributed by atoms with Gasteiger partial charge in [0.05, 0.1) is 12.4 Å². The van der Waals surface area contributed by atoms with Gasteiger partial charge in [0.25, 0.3) is 0 Å². The van der Waals surface area contributed by atoms with E-state index in [1.807, 2.05) is 12.1 Å². The second kappa shape index (κ2) is 5.92. The highest BCUT2D eigenvalue weighted by Crippen LogP contribution is 2.43. The van der Waals surface area contributed by atoms with Crippen molar-refractivity contribution in [1.82, 2.24) is 19.9 Å². The SMILES string of the molecule is CC1(C)Cc2cccc(C(O)[C@H]3CCCN3c3ncnc4[nH]cnc34)c2O1. The molecule has 27 heavy (non-hydrogen) atoms. The molecule has 5 rings (SSSR count). The fraction of sp³-hybridized carbons (Fsp3) is 0.450. The number of nitrogens with zero attached hydrogens (tertiary/aromatic N) is 4. The maximum absolute atomic E-state index is 11.3. The monoisotopic (exact) mass is 365 g/mol. The molecule has 1 saturated heterocycles. The molecule has 7 nitrogen and oxygen atoms in total. The van der Waals surface area contributed by atoms with E-state index < -0.39 is 6.10 Å². The second-order valence-corrected chi connectivity index (χ2v) is 8.02. The van der Waals surface area contributed by atoms with Crippen molar-refractivity contribution < 1.29 is 9.84 Å². The Kier molecular flexibility index (Phi) is 3.62. The molecular formula is C20H23N5O2. The van der Waals surface area contributed by atoms with E-state index in [-0.39, 0.29) is 11.6 Å². The van der Waals surface area contributed by atoms with Crippen molar-refractivity contribution in [1.29, 1.82) is 0 Å². The maximum Gasteiger partial charge on any atom is 0.162 e. The number of rotatable bonds is 3. The Labute approximate surface area is 157 Å². The Morgan fingerprint density at radius 3 is 3.07 bits per heavy atom. The molecule has 4 heterocycles. The molecule has 1 aromatic carbocycles. The average Bonchev–Trinajstić information content (AvgIpc) is 3.36. The van der Waals surface area contributed by atoms with E-state index >= 15 is 0 Å². The van der Waals surface area contributed by atoms with Crippen LogP contribution in [-0.4, -0.2) is 43.2 Å². The molecule has 0 bridgehead atoms. The first-order valence-electron chi connectivity index (χ1n) is 9.43. The van der Waals surface area contributed by atoms with Crippen molar-refractivity contribution >= 4 is 17.0 Å². The third-order valence-corrected chi connectivity index (χ3v) is 5.57. The fourth-order valence-electron chi connectivity index (χ4n) is 4.43. The van der Waals surface area contributed by atoms with E-state index in [0.29, 0.717) is 5.65 Å². The number of anilines is 1. The van der Waals surface area contributed by atoms with Crippen LogP contribution in [0.2, 0.25) is 0 Å². The lowest BCUT2D eigenvalue weighted by Crippen LogP contribution is -2.35. The van der Waals surface area contributed by atoms with E-state index in [1.54, 1.807) is 12.7 Å². The highest BCUT2D eigenvalue weighted by molar-refractivity contribution is 5.83. The highest BCUT2D eigenvalue weighted by Gasteiger charge is 2.38. The second-order valence-electron chi connectivity index (χ2n) is 8.02. The number of H-pyrrole nitrogens is 1. The highest BCUT2D eigenvalue weighted by atomic mass is 16.5. The van der Waals surface area contributed by atoms with Crippen molar-refractivity contribution in [2.45, 2.75) is 50.9 Å². The summed E-state index contributed by atoms with van der Waals surface area (Å²) in [4.78, 5) is 18.3. The summed E-state index contributed by atoms with van der Waals surface area (Å²) < 4.78 is 6.18. The normalized spacial score (nSPS) is 22.0. The number of fused-ring (bicyclic) bond motifs is 2. The standard InChI is InChI=1S/C20H23N5O2/c1-20(2)9-12-5-3-6-13(17(12)27-20)16(26)14-7-4-8-25(14)19-15-18(22-10-21-15)23-11-24-19/h3,5-6,10-11,14,16,26H,4,7-9H2,1-2H3,(H,21,22,23,24)/t14-,16?/m1/s1. The van der Waals surface area contributed by atoms with Crippen LogP contribution in [0.25, 0.3) is 11.2 Å². The van der Waals surface area contributed by atoms with E-state index in [4.69, 9.17) is 4.74 Å². The minimum absolute atomic E-state index is 0.0707. The van der Waals surface area contributed by atoms with Gasteiger partial charge in [0.2, 0.25) is 0 Å². The number of aromatic amines is 1. The number of hydrogen-bond acceptors (Lipinski definition) is 6. The molecule has 0 aliphatic carbocycles. The summed E-state index contributed by atoms with van der Waals surface area (Å²) in [6.07, 6.45) is 5.27. The molecule has 2 aromatic heterocycles. The molecule has 0 saturated carbocycles. The Balaban J connectivity index is 1.52. The zero-order chi connectivity index (χ0) is 18.6. The van der Waals surface area contributed by atoms with Crippen LogP contribution in [0.15, 0.2) is 30.9 Å². The van der Waals surface area contributed by atoms with Crippen LogP contribution >= 0.6 is 0 Å². The predicted molar refractivity (Wildman–Crippen MR) is 102 cm³/mol. The number of aliphatic hydroxyl groups is 1. The molecule has 2 atom stereocenters. The molecule has 2 N–H and O–H groups in total.